The number of hydrogen-bond donors (Lipinski definition) is 2. The zero-order valence-electron chi connectivity index (χ0n) is 11.1. The standard InChI is InChI=1S/C11H20N2O5/c1-10(2,3)17-9(16)13-6-7(18-12)5-11(13,4)8(14)15/h7H,5-6,12H2,1-4H3,(H,14,15)/t7-,11+/m1/s1. The molecule has 0 bridgehead atoms. The van der Waals surface area contributed by atoms with E-state index in [1.54, 1.807) is 20.8 Å². The van der Waals surface area contributed by atoms with Crippen molar-refractivity contribution < 1.29 is 24.3 Å². The molecule has 1 saturated heterocycles. The van der Waals surface area contributed by atoms with Crippen LogP contribution in [0.15, 0.2) is 0 Å². The van der Waals surface area contributed by atoms with Gasteiger partial charge in [0.15, 0.2) is 0 Å². The Kier molecular flexibility index (Phi) is 3.87. The molecule has 0 aliphatic carbocycles. The van der Waals surface area contributed by atoms with Crippen molar-refractivity contribution in [3.8, 4) is 0 Å². The van der Waals surface area contributed by atoms with Crippen molar-refractivity contribution in [2.24, 2.45) is 5.90 Å². The summed E-state index contributed by atoms with van der Waals surface area (Å²) in [6.45, 7) is 6.72. The van der Waals surface area contributed by atoms with E-state index in [4.69, 9.17) is 10.6 Å². The molecule has 3 N–H and O–H groups in total. The molecule has 1 aliphatic rings. The van der Waals surface area contributed by atoms with Gasteiger partial charge >= 0.3 is 12.1 Å². The van der Waals surface area contributed by atoms with Crippen LogP contribution < -0.4 is 5.90 Å². The van der Waals surface area contributed by atoms with E-state index in [-0.39, 0.29) is 13.0 Å². The van der Waals surface area contributed by atoms with Crippen LogP contribution in [0.5, 0.6) is 0 Å². The Hall–Kier alpha value is -1.34. The Balaban J connectivity index is 2.91. The molecule has 1 rings (SSSR count). The van der Waals surface area contributed by atoms with E-state index in [1.165, 1.54) is 6.92 Å². The normalized spacial score (nSPS) is 28.3. The van der Waals surface area contributed by atoms with Crippen molar-refractivity contribution in [1.29, 1.82) is 0 Å². The largest absolute Gasteiger partial charge is 0.480 e. The van der Waals surface area contributed by atoms with Crippen molar-refractivity contribution in [1.82, 2.24) is 4.90 Å². The van der Waals surface area contributed by atoms with Gasteiger partial charge in [0.05, 0.1) is 12.6 Å². The predicted octanol–water partition coefficient (Wildman–Crippen LogP) is 0.729. The van der Waals surface area contributed by atoms with E-state index in [0.717, 1.165) is 4.90 Å². The highest BCUT2D eigenvalue weighted by atomic mass is 16.6. The van der Waals surface area contributed by atoms with Crippen LogP contribution in [-0.2, 0) is 14.4 Å². The molecular weight excluding hydrogens is 240 g/mol. The third-order valence-electron chi connectivity index (χ3n) is 2.87. The minimum absolute atomic E-state index is 0.105. The maximum atomic E-state index is 12.0. The minimum atomic E-state index is -1.35. The van der Waals surface area contributed by atoms with Crippen LogP contribution in [0.25, 0.3) is 0 Å². The second-order valence-corrected chi connectivity index (χ2v) is 5.63. The molecule has 0 saturated carbocycles. The first-order valence-electron chi connectivity index (χ1n) is 5.69. The summed E-state index contributed by atoms with van der Waals surface area (Å²) < 4.78 is 5.19. The van der Waals surface area contributed by atoms with E-state index in [9.17, 15) is 14.7 Å². The lowest BCUT2D eigenvalue weighted by molar-refractivity contribution is -0.148. The highest BCUT2D eigenvalue weighted by Gasteiger charge is 2.51. The number of aliphatic carboxylic acids is 1. The Bertz CT molecular complexity index is 352. The van der Waals surface area contributed by atoms with Crippen molar-refractivity contribution >= 4 is 12.1 Å². The van der Waals surface area contributed by atoms with Crippen molar-refractivity contribution in [3.05, 3.63) is 0 Å². The predicted molar refractivity (Wildman–Crippen MR) is 62.7 cm³/mol. The summed E-state index contributed by atoms with van der Waals surface area (Å²) in [7, 11) is 0. The van der Waals surface area contributed by atoms with Crippen LogP contribution in [0.4, 0.5) is 4.79 Å². The number of ether oxygens (including phenoxy) is 1. The van der Waals surface area contributed by atoms with Gasteiger partial charge in [0.25, 0.3) is 0 Å². The van der Waals surface area contributed by atoms with Gasteiger partial charge in [-0.2, -0.15) is 0 Å². The maximum Gasteiger partial charge on any atom is 0.411 e. The number of carbonyl (C=O) groups excluding carboxylic acids is 1. The summed E-state index contributed by atoms with van der Waals surface area (Å²) in [4.78, 5) is 29.1. The van der Waals surface area contributed by atoms with Gasteiger partial charge in [-0.3, -0.25) is 9.74 Å². The zero-order valence-corrected chi connectivity index (χ0v) is 11.1. The number of likely N-dealkylation sites (tertiary alicyclic amines) is 1. The molecule has 0 spiro atoms. The Morgan fingerprint density at radius 2 is 2.00 bits per heavy atom. The lowest BCUT2D eigenvalue weighted by Crippen LogP contribution is -2.52. The third kappa shape index (κ3) is 2.91. The highest BCUT2D eigenvalue weighted by Crippen LogP contribution is 2.32. The fourth-order valence-corrected chi connectivity index (χ4v) is 1.91. The molecule has 7 heteroatoms. The van der Waals surface area contributed by atoms with Gasteiger partial charge in [0, 0.05) is 6.42 Å². The Labute approximate surface area is 106 Å². The Morgan fingerprint density at radius 1 is 1.44 bits per heavy atom. The van der Waals surface area contributed by atoms with Crippen LogP contribution in [0.3, 0.4) is 0 Å². The molecule has 2 atom stereocenters. The quantitative estimate of drug-likeness (QED) is 0.709. The van der Waals surface area contributed by atoms with E-state index in [2.05, 4.69) is 4.84 Å². The molecule has 7 nitrogen and oxygen atoms in total. The lowest BCUT2D eigenvalue weighted by atomic mass is 9.99. The number of rotatable bonds is 2. The molecule has 104 valence electrons. The van der Waals surface area contributed by atoms with Crippen LogP contribution >= 0.6 is 0 Å². The third-order valence-corrected chi connectivity index (χ3v) is 2.87. The van der Waals surface area contributed by atoms with E-state index in [1.807, 2.05) is 0 Å². The lowest BCUT2D eigenvalue weighted by Gasteiger charge is -2.32. The minimum Gasteiger partial charge on any atom is -0.480 e. The van der Waals surface area contributed by atoms with Gasteiger partial charge in [-0.25, -0.2) is 15.5 Å². The molecule has 1 aliphatic heterocycles. The molecular formula is C11H20N2O5. The zero-order chi connectivity index (χ0) is 14.1. The number of nitrogens with two attached hydrogens (primary N) is 1. The van der Waals surface area contributed by atoms with Crippen molar-refractivity contribution in [2.45, 2.75) is 51.4 Å². The van der Waals surface area contributed by atoms with Crippen LogP contribution in [0, 0.1) is 0 Å². The average Bonchev–Trinajstić information content (AvgIpc) is 2.54. The summed E-state index contributed by atoms with van der Waals surface area (Å²) in [6.07, 6.45) is -1.04. The maximum absolute atomic E-state index is 12.0. The molecule has 0 aromatic rings. The number of nitrogens with zero attached hydrogens (tertiary/aromatic N) is 1. The first-order valence-corrected chi connectivity index (χ1v) is 5.69. The Morgan fingerprint density at radius 3 is 2.39 bits per heavy atom. The molecule has 0 radical (unpaired) electrons. The van der Waals surface area contributed by atoms with Crippen LogP contribution in [0.2, 0.25) is 0 Å². The average molecular weight is 260 g/mol. The van der Waals surface area contributed by atoms with E-state index in [0.29, 0.717) is 0 Å². The molecule has 18 heavy (non-hydrogen) atoms. The van der Waals surface area contributed by atoms with Gasteiger partial charge in [-0.1, -0.05) is 0 Å². The fourth-order valence-electron chi connectivity index (χ4n) is 1.91. The topological polar surface area (TPSA) is 102 Å². The summed E-state index contributed by atoms with van der Waals surface area (Å²) in [5.41, 5.74) is -2.04. The van der Waals surface area contributed by atoms with Crippen LogP contribution in [0.1, 0.15) is 34.1 Å². The van der Waals surface area contributed by atoms with Crippen molar-refractivity contribution in [3.63, 3.8) is 0 Å². The van der Waals surface area contributed by atoms with Gasteiger partial charge in [0.1, 0.15) is 11.1 Å². The highest BCUT2D eigenvalue weighted by molar-refractivity contribution is 5.85. The first kappa shape index (κ1) is 14.7. The fraction of sp³-hybridized carbons (Fsp3) is 0.818. The summed E-state index contributed by atoms with van der Waals surface area (Å²) in [5.74, 6) is 3.97. The number of carbonyl (C=O) groups is 2. The summed E-state index contributed by atoms with van der Waals surface area (Å²) in [6, 6.07) is 0. The smallest absolute Gasteiger partial charge is 0.411 e. The van der Waals surface area contributed by atoms with Gasteiger partial charge in [-0.05, 0) is 27.7 Å². The molecule has 0 unspecified atom stereocenters. The molecule has 1 amide bonds. The number of amides is 1. The summed E-state index contributed by atoms with van der Waals surface area (Å²) >= 11 is 0. The second kappa shape index (κ2) is 4.74. The molecule has 0 aromatic heterocycles. The van der Waals surface area contributed by atoms with E-state index >= 15 is 0 Å². The van der Waals surface area contributed by atoms with Gasteiger partial charge in [-0.15, -0.1) is 0 Å². The van der Waals surface area contributed by atoms with Crippen LogP contribution in [-0.4, -0.2) is 45.9 Å². The number of carboxylic acid groups (broad SMARTS) is 1. The second-order valence-electron chi connectivity index (χ2n) is 5.63. The monoisotopic (exact) mass is 260 g/mol. The SMILES string of the molecule is CC(C)(C)OC(=O)N1C[C@H](ON)C[C@@]1(C)C(=O)O. The van der Waals surface area contributed by atoms with Gasteiger partial charge in [0.2, 0.25) is 0 Å². The molecule has 1 heterocycles. The molecule has 1 fully saturated rings. The van der Waals surface area contributed by atoms with Gasteiger partial charge < -0.3 is 9.84 Å². The van der Waals surface area contributed by atoms with E-state index < -0.39 is 29.3 Å². The first-order chi connectivity index (χ1) is 8.10. The molecule has 0 aromatic carbocycles. The number of carboxylic acids is 1. The van der Waals surface area contributed by atoms with Crippen molar-refractivity contribution in [2.75, 3.05) is 6.54 Å². The number of hydrogen-bond acceptors (Lipinski definition) is 5. The summed E-state index contributed by atoms with van der Waals surface area (Å²) in [5, 5.41) is 9.26.